The van der Waals surface area contributed by atoms with E-state index in [1.807, 2.05) is 23.1 Å². The molecule has 0 saturated heterocycles. The zero-order valence-electron chi connectivity index (χ0n) is 14.8. The normalized spacial score (nSPS) is 14.6. The molecular weight excluding hydrogens is 362 g/mol. The van der Waals surface area contributed by atoms with Gasteiger partial charge in [-0.1, -0.05) is 42.6 Å². The molecule has 1 aliphatic carbocycles. The van der Waals surface area contributed by atoms with E-state index in [1.54, 1.807) is 30.3 Å². The van der Waals surface area contributed by atoms with Crippen LogP contribution in [0.3, 0.4) is 0 Å². The standard InChI is InChI=1S/C21H20ClN3O2/c22-15-7-5-6-14(12-15)21(27)25(16-8-1-2-9-16)13-19-23-18-11-4-3-10-17(18)20(26)24-19/h3-7,10-12,16H,1-2,8-9,13H2,(H,23,24,26). The average Bonchev–Trinajstić information content (AvgIpc) is 3.20. The summed E-state index contributed by atoms with van der Waals surface area (Å²) in [6.45, 7) is 0.274. The van der Waals surface area contributed by atoms with E-state index in [0.29, 0.717) is 27.3 Å². The molecule has 0 bridgehead atoms. The van der Waals surface area contributed by atoms with Crippen LogP contribution in [-0.2, 0) is 6.54 Å². The fourth-order valence-corrected chi connectivity index (χ4v) is 3.93. The minimum Gasteiger partial charge on any atom is -0.328 e. The average molecular weight is 382 g/mol. The van der Waals surface area contributed by atoms with Gasteiger partial charge < -0.3 is 9.88 Å². The van der Waals surface area contributed by atoms with Crippen LogP contribution in [0.4, 0.5) is 0 Å². The van der Waals surface area contributed by atoms with Gasteiger partial charge >= 0.3 is 0 Å². The number of H-pyrrole nitrogens is 1. The number of amides is 1. The van der Waals surface area contributed by atoms with Gasteiger partial charge in [0.2, 0.25) is 0 Å². The van der Waals surface area contributed by atoms with Gasteiger partial charge in [0, 0.05) is 16.6 Å². The minimum atomic E-state index is -0.183. The zero-order valence-corrected chi connectivity index (χ0v) is 15.6. The minimum absolute atomic E-state index is 0.0831. The van der Waals surface area contributed by atoms with Gasteiger partial charge in [0.1, 0.15) is 5.82 Å². The van der Waals surface area contributed by atoms with E-state index in [4.69, 9.17) is 11.6 Å². The van der Waals surface area contributed by atoms with Crippen molar-refractivity contribution >= 4 is 28.4 Å². The summed E-state index contributed by atoms with van der Waals surface area (Å²) in [5.74, 6) is 0.418. The van der Waals surface area contributed by atoms with Crippen LogP contribution in [0.1, 0.15) is 41.9 Å². The molecule has 138 valence electrons. The number of rotatable bonds is 4. The predicted molar refractivity (Wildman–Crippen MR) is 106 cm³/mol. The van der Waals surface area contributed by atoms with Gasteiger partial charge in [-0.2, -0.15) is 0 Å². The second kappa shape index (κ2) is 7.53. The number of aromatic amines is 1. The highest BCUT2D eigenvalue weighted by Crippen LogP contribution is 2.26. The number of hydrogen-bond acceptors (Lipinski definition) is 3. The molecule has 0 unspecified atom stereocenters. The van der Waals surface area contributed by atoms with Crippen LogP contribution in [0.15, 0.2) is 53.3 Å². The van der Waals surface area contributed by atoms with E-state index in [9.17, 15) is 9.59 Å². The number of fused-ring (bicyclic) bond motifs is 1. The summed E-state index contributed by atoms with van der Waals surface area (Å²) in [7, 11) is 0. The summed E-state index contributed by atoms with van der Waals surface area (Å²) in [5, 5.41) is 1.08. The summed E-state index contributed by atoms with van der Waals surface area (Å²) in [6, 6.07) is 14.3. The second-order valence-electron chi connectivity index (χ2n) is 6.91. The lowest BCUT2D eigenvalue weighted by Crippen LogP contribution is -2.39. The van der Waals surface area contributed by atoms with Gasteiger partial charge in [0.25, 0.3) is 11.5 Å². The highest BCUT2D eigenvalue weighted by molar-refractivity contribution is 6.30. The third-order valence-electron chi connectivity index (χ3n) is 5.08. The molecule has 2 aromatic carbocycles. The van der Waals surface area contributed by atoms with Crippen LogP contribution in [0, 0.1) is 0 Å². The van der Waals surface area contributed by atoms with Crippen LogP contribution < -0.4 is 5.56 Å². The first-order chi connectivity index (χ1) is 13.1. The molecule has 1 fully saturated rings. The quantitative estimate of drug-likeness (QED) is 0.737. The van der Waals surface area contributed by atoms with Crippen LogP contribution in [-0.4, -0.2) is 26.8 Å². The molecule has 6 heteroatoms. The smallest absolute Gasteiger partial charge is 0.258 e. The van der Waals surface area contributed by atoms with Crippen molar-refractivity contribution in [1.82, 2.24) is 14.9 Å². The summed E-state index contributed by atoms with van der Waals surface area (Å²) in [6.07, 6.45) is 4.13. The van der Waals surface area contributed by atoms with Crippen molar-refractivity contribution in [2.24, 2.45) is 0 Å². The topological polar surface area (TPSA) is 66.1 Å². The van der Waals surface area contributed by atoms with Gasteiger partial charge in [0.15, 0.2) is 0 Å². The van der Waals surface area contributed by atoms with Crippen molar-refractivity contribution in [2.75, 3.05) is 0 Å². The van der Waals surface area contributed by atoms with E-state index in [1.165, 1.54) is 0 Å². The molecule has 27 heavy (non-hydrogen) atoms. The highest BCUT2D eigenvalue weighted by atomic mass is 35.5. The first-order valence-corrected chi connectivity index (χ1v) is 9.54. The molecular formula is C21H20ClN3O2. The lowest BCUT2D eigenvalue weighted by Gasteiger charge is -2.28. The number of hydrogen-bond donors (Lipinski definition) is 1. The van der Waals surface area contributed by atoms with Gasteiger partial charge in [-0.25, -0.2) is 4.98 Å². The van der Waals surface area contributed by atoms with Crippen molar-refractivity contribution in [3.63, 3.8) is 0 Å². The van der Waals surface area contributed by atoms with Gasteiger partial charge in [0.05, 0.1) is 17.4 Å². The third kappa shape index (κ3) is 3.74. The Morgan fingerprint density at radius 1 is 1.15 bits per heavy atom. The van der Waals surface area contributed by atoms with Crippen LogP contribution in [0.25, 0.3) is 10.9 Å². The maximum absolute atomic E-state index is 13.2. The van der Waals surface area contributed by atoms with E-state index in [-0.39, 0.29) is 24.1 Å². The first kappa shape index (κ1) is 17.7. The van der Waals surface area contributed by atoms with Crippen molar-refractivity contribution < 1.29 is 4.79 Å². The molecule has 0 spiro atoms. The largest absolute Gasteiger partial charge is 0.328 e. The van der Waals surface area contributed by atoms with Crippen molar-refractivity contribution in [3.05, 3.63) is 75.3 Å². The van der Waals surface area contributed by atoms with E-state index in [0.717, 1.165) is 25.7 Å². The zero-order chi connectivity index (χ0) is 18.8. The Morgan fingerprint density at radius 2 is 1.93 bits per heavy atom. The second-order valence-corrected chi connectivity index (χ2v) is 7.35. The number of nitrogens with zero attached hydrogens (tertiary/aromatic N) is 2. The number of aromatic nitrogens is 2. The van der Waals surface area contributed by atoms with Gasteiger partial charge in [-0.3, -0.25) is 9.59 Å². The van der Waals surface area contributed by atoms with E-state index >= 15 is 0 Å². The number of carbonyl (C=O) groups excluding carboxylic acids is 1. The number of halogens is 1. The monoisotopic (exact) mass is 381 g/mol. The van der Waals surface area contributed by atoms with Gasteiger partial charge in [-0.05, 0) is 43.2 Å². The van der Waals surface area contributed by atoms with Crippen molar-refractivity contribution in [3.8, 4) is 0 Å². The number of carbonyl (C=O) groups is 1. The first-order valence-electron chi connectivity index (χ1n) is 9.16. The summed E-state index contributed by atoms with van der Waals surface area (Å²) < 4.78 is 0. The molecule has 3 aromatic rings. The maximum atomic E-state index is 13.2. The molecule has 5 nitrogen and oxygen atoms in total. The number of para-hydroxylation sites is 1. The van der Waals surface area contributed by atoms with Crippen LogP contribution >= 0.6 is 11.6 Å². The third-order valence-corrected chi connectivity index (χ3v) is 5.32. The van der Waals surface area contributed by atoms with Crippen LogP contribution in [0.5, 0.6) is 0 Å². The fraction of sp³-hybridized carbons (Fsp3) is 0.286. The Bertz CT molecular complexity index is 1040. The summed E-state index contributed by atoms with van der Waals surface area (Å²) in [5.41, 5.74) is 1.01. The molecule has 0 radical (unpaired) electrons. The Hall–Kier alpha value is -2.66. The molecule has 1 aliphatic rings. The summed E-state index contributed by atoms with van der Waals surface area (Å²) in [4.78, 5) is 34.8. The predicted octanol–water partition coefficient (Wildman–Crippen LogP) is 4.16. The molecule has 1 N–H and O–H groups in total. The molecule has 1 aromatic heterocycles. The Labute approximate surface area is 162 Å². The van der Waals surface area contributed by atoms with Gasteiger partial charge in [-0.15, -0.1) is 0 Å². The lowest BCUT2D eigenvalue weighted by molar-refractivity contribution is 0.0658. The molecule has 0 atom stereocenters. The SMILES string of the molecule is O=C(c1cccc(Cl)c1)N(Cc1nc2ccccc2c(=O)[nH]1)C1CCCC1. The molecule has 1 heterocycles. The number of benzene rings is 2. The summed E-state index contributed by atoms with van der Waals surface area (Å²) >= 11 is 6.07. The van der Waals surface area contributed by atoms with Crippen LogP contribution in [0.2, 0.25) is 5.02 Å². The Kier molecular flexibility index (Phi) is 4.94. The van der Waals surface area contributed by atoms with E-state index in [2.05, 4.69) is 9.97 Å². The van der Waals surface area contributed by atoms with Crippen molar-refractivity contribution in [2.45, 2.75) is 38.3 Å². The fourth-order valence-electron chi connectivity index (χ4n) is 3.74. The molecule has 1 saturated carbocycles. The Morgan fingerprint density at radius 3 is 2.70 bits per heavy atom. The lowest BCUT2D eigenvalue weighted by atomic mass is 10.1. The maximum Gasteiger partial charge on any atom is 0.258 e. The molecule has 4 rings (SSSR count). The molecule has 1 amide bonds. The molecule has 0 aliphatic heterocycles. The van der Waals surface area contributed by atoms with E-state index < -0.39 is 0 Å². The van der Waals surface area contributed by atoms with Crippen molar-refractivity contribution in [1.29, 1.82) is 0 Å². The number of nitrogens with one attached hydrogen (secondary N) is 1. The Balaban J connectivity index is 1.69. The highest BCUT2D eigenvalue weighted by Gasteiger charge is 2.28.